The molecule has 0 aromatic heterocycles. The highest BCUT2D eigenvalue weighted by Crippen LogP contribution is 2.33. The van der Waals surface area contributed by atoms with Gasteiger partial charge in [0, 0.05) is 0 Å². The van der Waals surface area contributed by atoms with Crippen LogP contribution in [0.15, 0.2) is 18.2 Å². The molecule has 0 saturated heterocycles. The van der Waals surface area contributed by atoms with E-state index in [2.05, 4.69) is 0 Å². The van der Waals surface area contributed by atoms with Crippen LogP contribution in [0, 0.1) is 0 Å². The molecule has 0 heterocycles. The number of rotatable bonds is 5. The highest BCUT2D eigenvalue weighted by molar-refractivity contribution is 5.79. The SMILES string of the molecule is CCOC(=O)C(N)c1c(OC)cccc1OC. The van der Waals surface area contributed by atoms with Crippen molar-refractivity contribution in [3.8, 4) is 11.5 Å². The summed E-state index contributed by atoms with van der Waals surface area (Å²) < 4.78 is 15.2. The van der Waals surface area contributed by atoms with Gasteiger partial charge in [0.25, 0.3) is 0 Å². The number of ether oxygens (including phenoxy) is 3. The Labute approximate surface area is 100 Å². The number of hydrogen-bond donors (Lipinski definition) is 1. The molecule has 0 fully saturated rings. The van der Waals surface area contributed by atoms with Crippen molar-refractivity contribution in [2.24, 2.45) is 5.73 Å². The van der Waals surface area contributed by atoms with Crippen LogP contribution in [0.1, 0.15) is 18.5 Å². The Hall–Kier alpha value is -1.75. The number of benzene rings is 1. The molecule has 94 valence electrons. The van der Waals surface area contributed by atoms with E-state index in [1.165, 1.54) is 14.2 Å². The normalized spacial score (nSPS) is 11.8. The third kappa shape index (κ3) is 2.88. The van der Waals surface area contributed by atoms with Gasteiger partial charge in [-0.25, -0.2) is 4.79 Å². The minimum absolute atomic E-state index is 0.282. The minimum atomic E-state index is -0.916. The lowest BCUT2D eigenvalue weighted by Crippen LogP contribution is -2.24. The maximum Gasteiger partial charge on any atom is 0.327 e. The molecule has 2 N–H and O–H groups in total. The Morgan fingerprint density at radius 1 is 1.29 bits per heavy atom. The Balaban J connectivity index is 3.13. The molecule has 0 saturated carbocycles. The molecule has 0 amide bonds. The average molecular weight is 239 g/mol. The van der Waals surface area contributed by atoms with E-state index in [1.807, 2.05) is 0 Å². The predicted molar refractivity (Wildman–Crippen MR) is 63.1 cm³/mol. The zero-order valence-electron chi connectivity index (χ0n) is 10.2. The Kier molecular flexibility index (Phi) is 4.78. The monoisotopic (exact) mass is 239 g/mol. The van der Waals surface area contributed by atoms with E-state index < -0.39 is 12.0 Å². The Morgan fingerprint density at radius 2 is 1.82 bits per heavy atom. The van der Waals surface area contributed by atoms with Gasteiger partial charge in [0.1, 0.15) is 17.5 Å². The molecule has 1 unspecified atom stereocenters. The molecule has 5 heteroatoms. The number of carbonyl (C=O) groups is 1. The van der Waals surface area contributed by atoms with Gasteiger partial charge >= 0.3 is 5.97 Å². The molecule has 17 heavy (non-hydrogen) atoms. The fourth-order valence-electron chi connectivity index (χ4n) is 1.54. The number of esters is 1. The lowest BCUT2D eigenvalue weighted by atomic mass is 10.1. The van der Waals surface area contributed by atoms with E-state index >= 15 is 0 Å². The number of hydrogen-bond acceptors (Lipinski definition) is 5. The summed E-state index contributed by atoms with van der Waals surface area (Å²) in [7, 11) is 3.02. The van der Waals surface area contributed by atoms with Gasteiger partial charge in [-0.2, -0.15) is 0 Å². The summed E-state index contributed by atoms with van der Waals surface area (Å²) >= 11 is 0. The Bertz CT molecular complexity index is 370. The summed E-state index contributed by atoms with van der Waals surface area (Å²) in [5.74, 6) is 0.505. The van der Waals surface area contributed by atoms with Gasteiger partial charge in [-0.3, -0.25) is 0 Å². The fourth-order valence-corrected chi connectivity index (χ4v) is 1.54. The highest BCUT2D eigenvalue weighted by Gasteiger charge is 2.24. The van der Waals surface area contributed by atoms with Crippen LogP contribution in [-0.4, -0.2) is 26.8 Å². The third-order valence-corrected chi connectivity index (χ3v) is 2.32. The Morgan fingerprint density at radius 3 is 2.24 bits per heavy atom. The van der Waals surface area contributed by atoms with Crippen LogP contribution in [0.25, 0.3) is 0 Å². The fraction of sp³-hybridized carbons (Fsp3) is 0.417. The number of nitrogens with two attached hydrogens (primary N) is 1. The van der Waals surface area contributed by atoms with Gasteiger partial charge in [0.15, 0.2) is 0 Å². The summed E-state index contributed by atoms with van der Waals surface area (Å²) in [4.78, 5) is 11.6. The third-order valence-electron chi connectivity index (χ3n) is 2.32. The second-order valence-electron chi connectivity index (χ2n) is 3.31. The lowest BCUT2D eigenvalue weighted by Gasteiger charge is -2.17. The zero-order chi connectivity index (χ0) is 12.8. The van der Waals surface area contributed by atoms with E-state index in [9.17, 15) is 4.79 Å². The molecule has 0 spiro atoms. The maximum absolute atomic E-state index is 11.6. The molecule has 0 aliphatic carbocycles. The lowest BCUT2D eigenvalue weighted by molar-refractivity contribution is -0.144. The van der Waals surface area contributed by atoms with Crippen molar-refractivity contribution >= 4 is 5.97 Å². The van der Waals surface area contributed by atoms with Gasteiger partial charge in [0.2, 0.25) is 0 Å². The van der Waals surface area contributed by atoms with Gasteiger partial charge < -0.3 is 19.9 Å². The average Bonchev–Trinajstić information content (AvgIpc) is 2.37. The molecule has 0 aliphatic rings. The molecular formula is C12H17NO4. The summed E-state index contributed by atoms with van der Waals surface area (Å²) in [6, 6.07) is 4.29. The van der Waals surface area contributed by atoms with Crippen molar-refractivity contribution in [2.75, 3.05) is 20.8 Å². The van der Waals surface area contributed by atoms with Crippen LogP contribution >= 0.6 is 0 Å². The molecule has 1 atom stereocenters. The van der Waals surface area contributed by atoms with Crippen LogP contribution in [0.2, 0.25) is 0 Å². The van der Waals surface area contributed by atoms with Crippen LogP contribution in [0.5, 0.6) is 11.5 Å². The van der Waals surface area contributed by atoms with Crippen LogP contribution in [0.3, 0.4) is 0 Å². The first-order valence-corrected chi connectivity index (χ1v) is 5.28. The van der Waals surface area contributed by atoms with Crippen LogP contribution in [0.4, 0.5) is 0 Å². The van der Waals surface area contributed by atoms with Crippen LogP contribution in [-0.2, 0) is 9.53 Å². The van der Waals surface area contributed by atoms with E-state index in [1.54, 1.807) is 25.1 Å². The van der Waals surface area contributed by atoms with Crippen molar-refractivity contribution in [3.05, 3.63) is 23.8 Å². The van der Waals surface area contributed by atoms with Crippen molar-refractivity contribution in [1.29, 1.82) is 0 Å². The number of carbonyl (C=O) groups excluding carboxylic acids is 1. The first kappa shape index (κ1) is 13.3. The molecule has 0 aliphatic heterocycles. The topological polar surface area (TPSA) is 70.8 Å². The van der Waals surface area contributed by atoms with Gasteiger partial charge in [0.05, 0.1) is 26.4 Å². The summed E-state index contributed by atoms with van der Waals surface area (Å²) in [5.41, 5.74) is 6.34. The van der Waals surface area contributed by atoms with Crippen molar-refractivity contribution in [1.82, 2.24) is 0 Å². The van der Waals surface area contributed by atoms with Crippen molar-refractivity contribution in [3.63, 3.8) is 0 Å². The molecule has 0 radical (unpaired) electrons. The van der Waals surface area contributed by atoms with E-state index in [4.69, 9.17) is 19.9 Å². The molecule has 5 nitrogen and oxygen atoms in total. The molecular weight excluding hydrogens is 222 g/mol. The molecule has 1 aromatic carbocycles. The summed E-state index contributed by atoms with van der Waals surface area (Å²) in [5, 5.41) is 0. The first-order valence-electron chi connectivity index (χ1n) is 5.28. The standard InChI is InChI=1S/C12H17NO4/c1-4-17-12(14)11(13)10-8(15-2)6-5-7-9(10)16-3/h5-7,11H,4,13H2,1-3H3. The predicted octanol–water partition coefficient (Wildman–Crippen LogP) is 1.27. The second kappa shape index (κ2) is 6.10. The highest BCUT2D eigenvalue weighted by atomic mass is 16.5. The minimum Gasteiger partial charge on any atom is -0.496 e. The zero-order valence-corrected chi connectivity index (χ0v) is 10.2. The smallest absolute Gasteiger partial charge is 0.327 e. The molecule has 1 rings (SSSR count). The second-order valence-corrected chi connectivity index (χ2v) is 3.31. The van der Waals surface area contributed by atoms with Gasteiger partial charge in [-0.05, 0) is 19.1 Å². The summed E-state index contributed by atoms with van der Waals surface area (Å²) in [6.07, 6.45) is 0. The van der Waals surface area contributed by atoms with Crippen molar-refractivity contribution < 1.29 is 19.0 Å². The van der Waals surface area contributed by atoms with Crippen LogP contribution < -0.4 is 15.2 Å². The molecule has 0 bridgehead atoms. The quantitative estimate of drug-likeness (QED) is 0.783. The van der Waals surface area contributed by atoms with E-state index in [0.717, 1.165) is 0 Å². The van der Waals surface area contributed by atoms with E-state index in [-0.39, 0.29) is 6.61 Å². The van der Waals surface area contributed by atoms with E-state index in [0.29, 0.717) is 17.1 Å². The maximum atomic E-state index is 11.6. The van der Waals surface area contributed by atoms with Gasteiger partial charge in [-0.15, -0.1) is 0 Å². The van der Waals surface area contributed by atoms with Crippen molar-refractivity contribution in [2.45, 2.75) is 13.0 Å². The van der Waals surface area contributed by atoms with Gasteiger partial charge in [-0.1, -0.05) is 6.07 Å². The molecule has 1 aromatic rings. The first-order chi connectivity index (χ1) is 8.15. The summed E-state index contributed by atoms with van der Waals surface area (Å²) in [6.45, 7) is 2.01. The largest absolute Gasteiger partial charge is 0.496 e. The number of methoxy groups -OCH3 is 2.